The lowest BCUT2D eigenvalue weighted by Crippen LogP contribution is -2.44. The first kappa shape index (κ1) is 36.1. The molecule has 0 bridgehead atoms. The number of hydrogen-bond donors (Lipinski definition) is 2. The minimum Gasteiger partial charge on any atom is -0.497 e. The zero-order valence-electron chi connectivity index (χ0n) is 26.8. The third kappa shape index (κ3) is 10.3. The molecule has 45 heavy (non-hydrogen) atoms. The van der Waals surface area contributed by atoms with Crippen molar-refractivity contribution in [1.82, 2.24) is 10.6 Å². The molecule has 14 nitrogen and oxygen atoms in total. The number of ether oxygens (including phenoxy) is 6. The Morgan fingerprint density at radius 3 is 2.20 bits per heavy atom. The fourth-order valence-corrected chi connectivity index (χ4v) is 5.97. The molecule has 4 atom stereocenters. The molecule has 0 radical (unpaired) electrons. The average molecular weight is 655 g/mol. The van der Waals surface area contributed by atoms with Crippen LogP contribution in [-0.4, -0.2) is 70.5 Å². The second-order valence-electron chi connectivity index (χ2n) is 10.7. The highest BCUT2D eigenvalue weighted by Gasteiger charge is 2.47. The summed E-state index contributed by atoms with van der Waals surface area (Å²) in [5, 5.41) is 2.71. The van der Waals surface area contributed by atoms with Crippen molar-refractivity contribution in [2.45, 2.75) is 65.3 Å². The maximum absolute atomic E-state index is 14.2. The molecular formula is C30H43N2O12P. The van der Waals surface area contributed by atoms with Crippen LogP contribution >= 0.6 is 7.75 Å². The van der Waals surface area contributed by atoms with Crippen LogP contribution in [0.3, 0.4) is 0 Å². The van der Waals surface area contributed by atoms with Crippen LogP contribution < -0.4 is 29.3 Å². The second kappa shape index (κ2) is 16.3. The highest BCUT2D eigenvalue weighted by Crippen LogP contribution is 2.47. The summed E-state index contributed by atoms with van der Waals surface area (Å²) in [6.07, 6.45) is -2.24. The van der Waals surface area contributed by atoms with E-state index in [0.29, 0.717) is 22.8 Å². The summed E-state index contributed by atoms with van der Waals surface area (Å²) in [4.78, 5) is 31.3. The van der Waals surface area contributed by atoms with E-state index in [9.17, 15) is 14.2 Å². The Hall–Kier alpha value is -3.39. The van der Waals surface area contributed by atoms with Gasteiger partial charge in [-0.1, -0.05) is 13.8 Å². The van der Waals surface area contributed by atoms with Gasteiger partial charge >= 0.3 is 13.7 Å². The van der Waals surface area contributed by atoms with Gasteiger partial charge in [0.1, 0.15) is 41.8 Å². The monoisotopic (exact) mass is 654 g/mol. The Kier molecular flexibility index (Phi) is 13.0. The van der Waals surface area contributed by atoms with Gasteiger partial charge in [0.05, 0.1) is 34.5 Å². The number of benzene rings is 2. The van der Waals surface area contributed by atoms with Gasteiger partial charge < -0.3 is 32.9 Å². The molecule has 0 aromatic heterocycles. The van der Waals surface area contributed by atoms with E-state index >= 15 is 0 Å². The molecular weight excluding hydrogens is 611 g/mol. The summed E-state index contributed by atoms with van der Waals surface area (Å²) in [6.45, 7) is 8.12. The lowest BCUT2D eigenvalue weighted by molar-refractivity contribution is -0.163. The topological polar surface area (TPSA) is 158 Å². The molecule has 15 heteroatoms. The van der Waals surface area contributed by atoms with Crippen molar-refractivity contribution < 1.29 is 56.5 Å². The number of hydrogen-bond acceptors (Lipinski definition) is 12. The second-order valence-corrected chi connectivity index (χ2v) is 12.4. The van der Waals surface area contributed by atoms with Crippen molar-refractivity contribution in [1.29, 1.82) is 0 Å². The number of nitrogens with one attached hydrogen (secondary N) is 2. The average Bonchev–Trinajstić information content (AvgIpc) is 3.33. The molecule has 1 heterocycles. The highest BCUT2D eigenvalue weighted by molar-refractivity contribution is 7.52. The Balaban J connectivity index is 1.75. The number of hydroxylamine groups is 1. The van der Waals surface area contributed by atoms with Gasteiger partial charge in [0.2, 0.25) is 0 Å². The molecule has 1 fully saturated rings. The lowest BCUT2D eigenvalue weighted by Gasteiger charge is -2.27. The van der Waals surface area contributed by atoms with Crippen LogP contribution in [-0.2, 0) is 44.3 Å². The summed E-state index contributed by atoms with van der Waals surface area (Å²) in [6, 6.07) is 10.4. The van der Waals surface area contributed by atoms with Crippen LogP contribution in [0.5, 0.6) is 23.0 Å². The third-order valence-corrected chi connectivity index (χ3v) is 8.07. The van der Waals surface area contributed by atoms with E-state index in [4.69, 9.17) is 42.3 Å². The maximum Gasteiger partial charge on any atom is 0.459 e. The van der Waals surface area contributed by atoms with Crippen LogP contribution in [0.2, 0.25) is 0 Å². The van der Waals surface area contributed by atoms with Crippen LogP contribution in [0.25, 0.3) is 0 Å². The van der Waals surface area contributed by atoms with Crippen molar-refractivity contribution in [2.24, 2.45) is 5.92 Å². The molecule has 250 valence electrons. The van der Waals surface area contributed by atoms with Crippen LogP contribution in [0.4, 0.5) is 0 Å². The largest absolute Gasteiger partial charge is 0.497 e. The van der Waals surface area contributed by atoms with E-state index in [0.717, 1.165) is 0 Å². The summed E-state index contributed by atoms with van der Waals surface area (Å²) in [5.41, 5.74) is 3.03. The zero-order valence-corrected chi connectivity index (χ0v) is 27.7. The molecule has 3 rings (SSSR count). The van der Waals surface area contributed by atoms with E-state index in [1.54, 1.807) is 72.1 Å². The summed E-state index contributed by atoms with van der Waals surface area (Å²) < 4.78 is 58.4. The van der Waals surface area contributed by atoms with Gasteiger partial charge in [0, 0.05) is 11.6 Å². The minimum absolute atomic E-state index is 0.0175. The Morgan fingerprint density at radius 2 is 1.60 bits per heavy atom. The first-order valence-electron chi connectivity index (χ1n) is 14.3. The zero-order chi connectivity index (χ0) is 33.2. The van der Waals surface area contributed by atoms with E-state index in [1.807, 2.05) is 0 Å². The van der Waals surface area contributed by atoms with Crippen LogP contribution in [0.15, 0.2) is 42.5 Å². The minimum atomic E-state index is -4.29. The van der Waals surface area contributed by atoms with Gasteiger partial charge in [-0.05, 0) is 63.1 Å². The molecule has 0 spiro atoms. The predicted octanol–water partition coefficient (Wildman–Crippen LogP) is 4.16. The normalized spacial score (nSPS) is 19.3. The van der Waals surface area contributed by atoms with Crippen LogP contribution in [0, 0.1) is 5.92 Å². The van der Waals surface area contributed by atoms with Crippen molar-refractivity contribution in [3.05, 3.63) is 48.0 Å². The Labute approximate surface area is 263 Å². The number of rotatable bonds is 17. The van der Waals surface area contributed by atoms with Crippen molar-refractivity contribution >= 4 is 19.6 Å². The summed E-state index contributed by atoms with van der Waals surface area (Å²) in [7, 11) is 0.266. The smallest absolute Gasteiger partial charge is 0.459 e. The number of carbonyl (C=O) groups excluding carboxylic acids is 2. The van der Waals surface area contributed by atoms with Gasteiger partial charge in [0.25, 0.3) is 5.91 Å². The van der Waals surface area contributed by atoms with E-state index in [1.165, 1.54) is 26.4 Å². The molecule has 1 aliphatic rings. The maximum atomic E-state index is 14.2. The summed E-state index contributed by atoms with van der Waals surface area (Å²) >= 11 is 0. The fourth-order valence-electron chi connectivity index (χ4n) is 4.31. The van der Waals surface area contributed by atoms with E-state index in [-0.39, 0.29) is 24.9 Å². The molecule has 0 saturated carbocycles. The van der Waals surface area contributed by atoms with Gasteiger partial charge in [0.15, 0.2) is 11.9 Å². The molecule has 1 unspecified atom stereocenters. The SMILES string of the molecule is CCOC(=O)[C@@H](NP(=O)(OC[C@H]1OC(C)(C)O[C@H]1C(=O)NOCc1ccc(OC)cc1OC)Oc1ccc(OC)cc1)C(C)C. The number of amides is 1. The standard InChI is InChI=1S/C30H43N2O12P/c1-9-39-29(34)26(19(2)3)32-45(35,44-22-14-12-21(36-6)13-15-22)41-18-25-27(43-30(4,5)42-25)28(33)31-40-17-20-10-11-23(37-7)16-24(20)38-8/h10-16,19,25-27H,9,17-18H2,1-8H3,(H,31,33)(H,32,35)/t25-,26+,27-,45?/m1/s1. The van der Waals surface area contributed by atoms with Gasteiger partial charge in [-0.25, -0.2) is 10.0 Å². The quantitative estimate of drug-likeness (QED) is 0.142. The van der Waals surface area contributed by atoms with Crippen molar-refractivity contribution in [3.63, 3.8) is 0 Å². The van der Waals surface area contributed by atoms with Gasteiger partial charge in [-0.2, -0.15) is 5.09 Å². The number of methoxy groups -OCH3 is 3. The van der Waals surface area contributed by atoms with Crippen LogP contribution in [0.1, 0.15) is 40.2 Å². The highest BCUT2D eigenvalue weighted by atomic mass is 31.2. The molecule has 2 aromatic carbocycles. The first-order chi connectivity index (χ1) is 21.3. The van der Waals surface area contributed by atoms with E-state index in [2.05, 4.69) is 10.6 Å². The molecule has 0 aliphatic carbocycles. The molecule has 2 aromatic rings. The predicted molar refractivity (Wildman–Crippen MR) is 162 cm³/mol. The van der Waals surface area contributed by atoms with Gasteiger partial charge in [-0.15, -0.1) is 0 Å². The fraction of sp³-hybridized carbons (Fsp3) is 0.533. The van der Waals surface area contributed by atoms with Crippen molar-refractivity contribution in [2.75, 3.05) is 34.5 Å². The number of esters is 1. The Bertz CT molecular complexity index is 1320. The molecule has 1 aliphatic heterocycles. The molecule has 2 N–H and O–H groups in total. The third-order valence-electron chi connectivity index (χ3n) is 6.53. The van der Waals surface area contributed by atoms with E-state index < -0.39 is 50.3 Å². The number of carbonyl (C=O) groups is 2. The van der Waals surface area contributed by atoms with Crippen molar-refractivity contribution in [3.8, 4) is 23.0 Å². The Morgan fingerprint density at radius 1 is 0.956 bits per heavy atom. The molecule has 1 amide bonds. The summed E-state index contributed by atoms with van der Waals surface area (Å²) in [5.74, 6) is -0.965. The molecule has 1 saturated heterocycles. The first-order valence-corrected chi connectivity index (χ1v) is 15.9. The lowest BCUT2D eigenvalue weighted by atomic mass is 10.1. The van der Waals surface area contributed by atoms with Gasteiger partial charge in [-0.3, -0.25) is 19.0 Å².